The minimum atomic E-state index is 0.469. The summed E-state index contributed by atoms with van der Waals surface area (Å²) in [6.45, 7) is 3.71. The first-order valence-electron chi connectivity index (χ1n) is 4.14. The van der Waals surface area contributed by atoms with Crippen molar-refractivity contribution in [2.45, 2.75) is 17.7 Å². The summed E-state index contributed by atoms with van der Waals surface area (Å²) in [5.74, 6) is 0. The molecular weight excluding hydrogens is 212 g/mol. The van der Waals surface area contributed by atoms with E-state index in [1.807, 2.05) is 12.1 Å². The van der Waals surface area contributed by atoms with Crippen molar-refractivity contribution in [2.75, 3.05) is 0 Å². The van der Waals surface area contributed by atoms with Crippen LogP contribution in [0.1, 0.15) is 23.2 Å². The van der Waals surface area contributed by atoms with Crippen LogP contribution in [0.25, 0.3) is 0 Å². The van der Waals surface area contributed by atoms with Crippen LogP contribution < -0.4 is 0 Å². The molecule has 0 aliphatic carbocycles. The maximum Gasteiger partial charge on any atom is 0.0398 e. The number of halogens is 1. The molecule has 0 spiro atoms. The second-order valence-corrected chi connectivity index (χ2v) is 3.85. The lowest BCUT2D eigenvalue weighted by Gasteiger charge is -2.07. The van der Waals surface area contributed by atoms with Gasteiger partial charge < -0.3 is 0 Å². The van der Waals surface area contributed by atoms with Crippen molar-refractivity contribution in [1.29, 1.82) is 0 Å². The third-order valence-corrected chi connectivity index (χ3v) is 2.77. The smallest absolute Gasteiger partial charge is 0.0398 e. The summed E-state index contributed by atoms with van der Waals surface area (Å²) in [5, 5.41) is 0. The number of allylic oxidation sites excluding steroid dienone is 1. The predicted molar refractivity (Wildman–Crippen MR) is 57.5 cm³/mol. The van der Waals surface area contributed by atoms with Gasteiger partial charge in [-0.1, -0.05) is 52.3 Å². The Morgan fingerprint density at radius 2 is 2.00 bits per heavy atom. The van der Waals surface area contributed by atoms with E-state index < -0.39 is 0 Å². The van der Waals surface area contributed by atoms with Gasteiger partial charge in [0.25, 0.3) is 0 Å². The van der Waals surface area contributed by atoms with Crippen molar-refractivity contribution >= 4 is 15.9 Å². The maximum atomic E-state index is 3.71. The monoisotopic (exact) mass is 224 g/mol. The molecule has 1 unspecified atom stereocenters. The van der Waals surface area contributed by atoms with E-state index >= 15 is 0 Å². The number of hydrogen-bond acceptors (Lipinski definition) is 0. The zero-order chi connectivity index (χ0) is 8.81. The van der Waals surface area contributed by atoms with Crippen LogP contribution in [0.5, 0.6) is 0 Å². The zero-order valence-corrected chi connectivity index (χ0v) is 8.63. The van der Waals surface area contributed by atoms with E-state index in [4.69, 9.17) is 0 Å². The minimum Gasteiger partial charge on any atom is -0.103 e. The quantitative estimate of drug-likeness (QED) is 0.534. The lowest BCUT2D eigenvalue weighted by atomic mass is 10.1. The van der Waals surface area contributed by atoms with Gasteiger partial charge in [-0.3, -0.25) is 0 Å². The third kappa shape index (κ3) is 2.82. The molecule has 12 heavy (non-hydrogen) atoms. The highest BCUT2D eigenvalue weighted by molar-refractivity contribution is 9.09. The lowest BCUT2D eigenvalue weighted by molar-refractivity contribution is 0.836. The molecule has 0 radical (unpaired) electrons. The Kier molecular flexibility index (Phi) is 4.09. The first-order chi connectivity index (χ1) is 5.84. The average Bonchev–Trinajstić information content (AvgIpc) is 2.15. The molecule has 1 aromatic carbocycles. The minimum absolute atomic E-state index is 0.469. The molecule has 0 aromatic heterocycles. The second kappa shape index (κ2) is 5.15. The first kappa shape index (κ1) is 9.53. The summed E-state index contributed by atoms with van der Waals surface area (Å²) in [6, 6.07) is 10.5. The van der Waals surface area contributed by atoms with E-state index in [2.05, 4.69) is 46.8 Å². The molecule has 0 heterocycles. The molecule has 0 fully saturated rings. The normalized spacial score (nSPS) is 12.4. The fraction of sp³-hybridized carbons (Fsp3) is 0.273. The Morgan fingerprint density at radius 3 is 2.58 bits per heavy atom. The van der Waals surface area contributed by atoms with E-state index in [0.717, 1.165) is 12.8 Å². The highest BCUT2D eigenvalue weighted by atomic mass is 79.9. The standard InChI is InChI=1S/C11H13Br/c1-2-3-9-11(12)10-7-5-4-6-8-10/h2,4-8,11H,1,3,9H2. The molecule has 0 N–H and O–H groups in total. The molecule has 0 saturated heterocycles. The molecule has 64 valence electrons. The van der Waals surface area contributed by atoms with Crippen LogP contribution >= 0.6 is 15.9 Å². The number of benzene rings is 1. The Balaban J connectivity index is 2.53. The van der Waals surface area contributed by atoms with Crippen molar-refractivity contribution in [3.63, 3.8) is 0 Å². The summed E-state index contributed by atoms with van der Waals surface area (Å²) in [5.41, 5.74) is 1.35. The fourth-order valence-electron chi connectivity index (χ4n) is 1.09. The SMILES string of the molecule is C=CCCC(Br)c1ccccc1. The van der Waals surface area contributed by atoms with Crippen molar-refractivity contribution < 1.29 is 0 Å². The highest BCUT2D eigenvalue weighted by Crippen LogP contribution is 2.27. The largest absolute Gasteiger partial charge is 0.103 e. The first-order valence-corrected chi connectivity index (χ1v) is 5.06. The van der Waals surface area contributed by atoms with Crippen LogP contribution in [0.3, 0.4) is 0 Å². The third-order valence-electron chi connectivity index (χ3n) is 1.79. The van der Waals surface area contributed by atoms with Gasteiger partial charge in [-0.05, 0) is 18.4 Å². The fourth-order valence-corrected chi connectivity index (χ4v) is 1.66. The van der Waals surface area contributed by atoms with Gasteiger partial charge in [-0.25, -0.2) is 0 Å². The Labute approximate surface area is 82.4 Å². The van der Waals surface area contributed by atoms with Gasteiger partial charge in [-0.2, -0.15) is 0 Å². The van der Waals surface area contributed by atoms with Gasteiger partial charge >= 0.3 is 0 Å². The van der Waals surface area contributed by atoms with E-state index in [0.29, 0.717) is 4.83 Å². The molecule has 1 atom stereocenters. The summed E-state index contributed by atoms with van der Waals surface area (Å²) in [7, 11) is 0. The van der Waals surface area contributed by atoms with Gasteiger partial charge in [0.15, 0.2) is 0 Å². The number of alkyl halides is 1. The molecule has 0 aliphatic heterocycles. The van der Waals surface area contributed by atoms with Crippen molar-refractivity contribution in [3.8, 4) is 0 Å². The molecule has 0 aliphatic rings. The second-order valence-electron chi connectivity index (χ2n) is 2.74. The average molecular weight is 225 g/mol. The van der Waals surface area contributed by atoms with Gasteiger partial charge in [-0.15, -0.1) is 6.58 Å². The van der Waals surface area contributed by atoms with Crippen LogP contribution in [0.2, 0.25) is 0 Å². The summed E-state index contributed by atoms with van der Waals surface area (Å²) >= 11 is 3.64. The highest BCUT2D eigenvalue weighted by Gasteiger charge is 2.03. The Morgan fingerprint density at radius 1 is 1.33 bits per heavy atom. The lowest BCUT2D eigenvalue weighted by Crippen LogP contribution is -1.87. The molecule has 0 bridgehead atoms. The topological polar surface area (TPSA) is 0 Å². The van der Waals surface area contributed by atoms with E-state index in [-0.39, 0.29) is 0 Å². The van der Waals surface area contributed by atoms with E-state index in [9.17, 15) is 0 Å². The van der Waals surface area contributed by atoms with Gasteiger partial charge in [0, 0.05) is 4.83 Å². The van der Waals surface area contributed by atoms with Crippen molar-refractivity contribution in [2.24, 2.45) is 0 Å². The Bertz CT molecular complexity index is 228. The maximum absolute atomic E-state index is 3.71. The van der Waals surface area contributed by atoms with Crippen LogP contribution in [-0.4, -0.2) is 0 Å². The molecule has 1 rings (SSSR count). The predicted octanol–water partition coefficient (Wildman–Crippen LogP) is 4.09. The van der Waals surface area contributed by atoms with Gasteiger partial charge in [0.2, 0.25) is 0 Å². The number of hydrogen-bond donors (Lipinski definition) is 0. The molecule has 1 heteroatoms. The van der Waals surface area contributed by atoms with Crippen molar-refractivity contribution in [3.05, 3.63) is 48.6 Å². The number of rotatable bonds is 4. The van der Waals surface area contributed by atoms with Gasteiger partial charge in [0.1, 0.15) is 0 Å². The van der Waals surface area contributed by atoms with E-state index in [1.165, 1.54) is 5.56 Å². The van der Waals surface area contributed by atoms with Crippen molar-refractivity contribution in [1.82, 2.24) is 0 Å². The van der Waals surface area contributed by atoms with Crippen LogP contribution in [0.15, 0.2) is 43.0 Å². The van der Waals surface area contributed by atoms with Crippen LogP contribution in [0, 0.1) is 0 Å². The molecule has 0 amide bonds. The summed E-state index contributed by atoms with van der Waals surface area (Å²) in [6.07, 6.45) is 4.13. The molecule has 0 nitrogen and oxygen atoms in total. The molecule has 0 saturated carbocycles. The molecular formula is C11H13Br. The van der Waals surface area contributed by atoms with E-state index in [1.54, 1.807) is 0 Å². The van der Waals surface area contributed by atoms with Crippen LogP contribution in [0.4, 0.5) is 0 Å². The van der Waals surface area contributed by atoms with Gasteiger partial charge in [0.05, 0.1) is 0 Å². The zero-order valence-electron chi connectivity index (χ0n) is 7.04. The van der Waals surface area contributed by atoms with Crippen LogP contribution in [-0.2, 0) is 0 Å². The Hall–Kier alpha value is -0.560. The summed E-state index contributed by atoms with van der Waals surface area (Å²) in [4.78, 5) is 0.469. The summed E-state index contributed by atoms with van der Waals surface area (Å²) < 4.78 is 0. The molecule has 1 aromatic rings.